The summed E-state index contributed by atoms with van der Waals surface area (Å²) < 4.78 is 5.38. The summed E-state index contributed by atoms with van der Waals surface area (Å²) in [6.07, 6.45) is 1.12. The van der Waals surface area contributed by atoms with E-state index in [1.54, 1.807) is 6.92 Å². The molecule has 1 aromatic carbocycles. The van der Waals surface area contributed by atoms with Crippen LogP contribution in [0.3, 0.4) is 0 Å². The van der Waals surface area contributed by atoms with Gasteiger partial charge in [-0.25, -0.2) is 4.79 Å². The van der Waals surface area contributed by atoms with Gasteiger partial charge in [0.15, 0.2) is 5.76 Å². The van der Waals surface area contributed by atoms with Gasteiger partial charge in [0, 0.05) is 18.5 Å². The Kier molecular flexibility index (Phi) is 5.44. The van der Waals surface area contributed by atoms with Crippen LogP contribution in [-0.4, -0.2) is 23.0 Å². The lowest BCUT2D eigenvalue weighted by Gasteiger charge is -2.14. The predicted octanol–water partition coefficient (Wildman–Crippen LogP) is 3.52. The van der Waals surface area contributed by atoms with Crippen molar-refractivity contribution in [2.24, 2.45) is 0 Å². The molecule has 2 N–H and O–H groups in total. The summed E-state index contributed by atoms with van der Waals surface area (Å²) >= 11 is 0. The Morgan fingerprint density at radius 1 is 1.17 bits per heavy atom. The summed E-state index contributed by atoms with van der Waals surface area (Å²) in [5.74, 6) is -1.13. The fourth-order valence-electron chi connectivity index (χ4n) is 2.87. The molecule has 24 heavy (non-hydrogen) atoms. The van der Waals surface area contributed by atoms with Crippen LogP contribution in [-0.2, 0) is 12.8 Å². The summed E-state index contributed by atoms with van der Waals surface area (Å²) in [6, 6.07) is 7.50. The number of benzene rings is 1. The van der Waals surface area contributed by atoms with Crippen molar-refractivity contribution >= 4 is 11.9 Å². The number of carboxylic acids is 1. The highest BCUT2D eigenvalue weighted by molar-refractivity contribution is 5.96. The van der Waals surface area contributed by atoms with E-state index in [1.165, 1.54) is 17.2 Å². The number of hydrogen-bond donors (Lipinski definition) is 2. The molecule has 1 amide bonds. The minimum absolute atomic E-state index is 0.0384. The molecule has 1 atom stereocenters. The van der Waals surface area contributed by atoms with Crippen molar-refractivity contribution in [3.05, 3.63) is 58.0 Å². The van der Waals surface area contributed by atoms with E-state index < -0.39 is 11.9 Å². The highest BCUT2D eigenvalue weighted by Crippen LogP contribution is 2.17. The van der Waals surface area contributed by atoms with Crippen LogP contribution in [0.5, 0.6) is 0 Å². The molecule has 128 valence electrons. The van der Waals surface area contributed by atoms with Gasteiger partial charge < -0.3 is 14.8 Å². The van der Waals surface area contributed by atoms with Gasteiger partial charge in [-0.2, -0.15) is 0 Å². The Balaban J connectivity index is 2.07. The number of furan rings is 1. The van der Waals surface area contributed by atoms with Crippen molar-refractivity contribution in [2.45, 2.75) is 46.6 Å². The van der Waals surface area contributed by atoms with Crippen LogP contribution in [0.4, 0.5) is 0 Å². The molecule has 0 aliphatic carbocycles. The maximum Gasteiger partial charge on any atom is 0.339 e. The van der Waals surface area contributed by atoms with Gasteiger partial charge in [0.25, 0.3) is 5.91 Å². The number of hydrogen-bond acceptors (Lipinski definition) is 3. The van der Waals surface area contributed by atoms with Crippen LogP contribution >= 0.6 is 0 Å². The summed E-state index contributed by atoms with van der Waals surface area (Å²) in [6.45, 7) is 7.79. The molecule has 0 saturated carbocycles. The maximum absolute atomic E-state index is 12.3. The summed E-state index contributed by atoms with van der Waals surface area (Å²) in [5, 5.41) is 12.0. The number of rotatable bonds is 6. The highest BCUT2D eigenvalue weighted by atomic mass is 16.4. The summed E-state index contributed by atoms with van der Waals surface area (Å²) in [5.41, 5.74) is 3.58. The SMILES string of the molecule is CCc1oc(C(=O)NC(C)Cc2cc(C)cc(C)c2)cc1C(=O)O. The number of aryl methyl sites for hydroxylation is 3. The van der Waals surface area contributed by atoms with E-state index in [0.717, 1.165) is 5.56 Å². The normalized spacial score (nSPS) is 12.0. The Morgan fingerprint density at radius 3 is 2.29 bits per heavy atom. The number of amides is 1. The fourth-order valence-corrected chi connectivity index (χ4v) is 2.87. The van der Waals surface area contributed by atoms with Gasteiger partial charge in [-0.3, -0.25) is 4.79 Å². The van der Waals surface area contributed by atoms with Crippen molar-refractivity contribution in [2.75, 3.05) is 0 Å². The molecule has 5 nitrogen and oxygen atoms in total. The second kappa shape index (κ2) is 7.34. The van der Waals surface area contributed by atoms with Gasteiger partial charge in [-0.05, 0) is 32.8 Å². The smallest absolute Gasteiger partial charge is 0.339 e. The first-order valence-corrected chi connectivity index (χ1v) is 8.04. The van der Waals surface area contributed by atoms with Crippen molar-refractivity contribution in [3.8, 4) is 0 Å². The number of carbonyl (C=O) groups is 2. The molecule has 0 spiro atoms. The molecule has 0 radical (unpaired) electrons. The van der Waals surface area contributed by atoms with Gasteiger partial charge in [0.05, 0.1) is 0 Å². The molecule has 0 bridgehead atoms. The second-order valence-corrected chi connectivity index (χ2v) is 6.18. The third kappa shape index (κ3) is 4.25. The van der Waals surface area contributed by atoms with Crippen LogP contribution in [0.15, 0.2) is 28.7 Å². The fraction of sp³-hybridized carbons (Fsp3) is 0.368. The zero-order chi connectivity index (χ0) is 17.9. The third-order valence-electron chi connectivity index (χ3n) is 3.79. The Morgan fingerprint density at radius 2 is 1.79 bits per heavy atom. The van der Waals surface area contributed by atoms with Crippen LogP contribution in [0, 0.1) is 13.8 Å². The topological polar surface area (TPSA) is 79.5 Å². The summed E-state index contributed by atoms with van der Waals surface area (Å²) in [4.78, 5) is 23.4. The molecule has 0 aliphatic heterocycles. The average Bonchev–Trinajstić information content (AvgIpc) is 2.90. The van der Waals surface area contributed by atoms with Gasteiger partial charge in [-0.15, -0.1) is 0 Å². The van der Waals surface area contributed by atoms with Crippen molar-refractivity contribution in [1.29, 1.82) is 0 Å². The van der Waals surface area contributed by atoms with Crippen LogP contribution in [0.1, 0.15) is 57.2 Å². The molecular formula is C19H23NO4. The summed E-state index contributed by atoms with van der Waals surface area (Å²) in [7, 11) is 0. The molecular weight excluding hydrogens is 306 g/mol. The largest absolute Gasteiger partial charge is 0.478 e. The first kappa shape index (κ1) is 17.8. The monoisotopic (exact) mass is 329 g/mol. The molecule has 0 aliphatic rings. The van der Waals surface area contributed by atoms with Crippen LogP contribution in [0.25, 0.3) is 0 Å². The first-order chi connectivity index (χ1) is 11.3. The highest BCUT2D eigenvalue weighted by Gasteiger charge is 2.21. The van der Waals surface area contributed by atoms with E-state index in [9.17, 15) is 9.59 Å². The molecule has 1 unspecified atom stereocenters. The standard InChI is InChI=1S/C19H23NO4/c1-5-16-15(19(22)23)10-17(24-16)18(21)20-13(4)9-14-7-11(2)6-12(3)8-14/h6-8,10,13H,5,9H2,1-4H3,(H,20,21)(H,22,23). The van der Waals surface area contributed by atoms with E-state index in [-0.39, 0.29) is 17.4 Å². The van der Waals surface area contributed by atoms with Gasteiger partial charge in [0.1, 0.15) is 11.3 Å². The molecule has 5 heteroatoms. The number of nitrogens with one attached hydrogen (secondary N) is 1. The van der Waals surface area contributed by atoms with E-state index in [0.29, 0.717) is 18.6 Å². The lowest BCUT2D eigenvalue weighted by Crippen LogP contribution is -2.33. The maximum atomic E-state index is 12.3. The number of aromatic carboxylic acids is 1. The minimum Gasteiger partial charge on any atom is -0.478 e. The lowest BCUT2D eigenvalue weighted by molar-refractivity contribution is 0.0694. The Labute approximate surface area is 141 Å². The van der Waals surface area contributed by atoms with Crippen molar-refractivity contribution in [1.82, 2.24) is 5.32 Å². The number of carbonyl (C=O) groups excluding carboxylic acids is 1. The second-order valence-electron chi connectivity index (χ2n) is 6.18. The minimum atomic E-state index is -1.09. The average molecular weight is 329 g/mol. The lowest BCUT2D eigenvalue weighted by atomic mass is 10.0. The molecule has 2 rings (SSSR count). The predicted molar refractivity (Wildman–Crippen MR) is 91.6 cm³/mol. The molecule has 0 fully saturated rings. The van der Waals surface area contributed by atoms with Gasteiger partial charge in [0.2, 0.25) is 0 Å². The molecule has 1 aromatic heterocycles. The van der Waals surface area contributed by atoms with E-state index >= 15 is 0 Å². The zero-order valence-corrected chi connectivity index (χ0v) is 14.5. The van der Waals surface area contributed by atoms with Gasteiger partial charge in [-0.1, -0.05) is 36.2 Å². The first-order valence-electron chi connectivity index (χ1n) is 8.04. The van der Waals surface area contributed by atoms with E-state index in [1.807, 2.05) is 20.8 Å². The van der Waals surface area contributed by atoms with E-state index in [4.69, 9.17) is 9.52 Å². The quantitative estimate of drug-likeness (QED) is 0.850. The van der Waals surface area contributed by atoms with Gasteiger partial charge >= 0.3 is 5.97 Å². The zero-order valence-electron chi connectivity index (χ0n) is 14.5. The van der Waals surface area contributed by atoms with Crippen LogP contribution in [0.2, 0.25) is 0 Å². The van der Waals surface area contributed by atoms with Crippen LogP contribution < -0.4 is 5.32 Å². The molecule has 0 saturated heterocycles. The third-order valence-corrected chi connectivity index (χ3v) is 3.79. The Hall–Kier alpha value is -2.56. The Bertz CT molecular complexity index is 740. The van der Waals surface area contributed by atoms with Crippen molar-refractivity contribution in [3.63, 3.8) is 0 Å². The molecule has 2 aromatic rings. The van der Waals surface area contributed by atoms with E-state index in [2.05, 4.69) is 23.5 Å². The number of carboxylic acid groups (broad SMARTS) is 1. The molecule has 1 heterocycles. The van der Waals surface area contributed by atoms with Crippen molar-refractivity contribution < 1.29 is 19.1 Å².